The van der Waals surface area contributed by atoms with Crippen LogP contribution in [-0.2, 0) is 27.4 Å². The van der Waals surface area contributed by atoms with Crippen molar-refractivity contribution in [2.24, 2.45) is 7.05 Å². The first kappa shape index (κ1) is 12.6. The Morgan fingerprint density at radius 2 is 2.12 bits per heavy atom. The second-order valence-electron chi connectivity index (χ2n) is 3.27. The summed E-state index contributed by atoms with van der Waals surface area (Å²) in [5.41, 5.74) is 0. The minimum absolute atomic E-state index is 0.122. The first-order valence-electron chi connectivity index (χ1n) is 4.58. The van der Waals surface area contributed by atoms with Crippen molar-refractivity contribution in [2.45, 2.75) is 12.7 Å². The molecule has 0 saturated heterocycles. The lowest BCUT2D eigenvalue weighted by Crippen LogP contribution is -2.07. The van der Waals surface area contributed by atoms with Crippen molar-refractivity contribution in [3.63, 3.8) is 0 Å². The largest absolute Gasteiger partial charge is 0.460 e. The molecular formula is C8H13N3O4S. The van der Waals surface area contributed by atoms with Gasteiger partial charge in [0.15, 0.2) is 9.84 Å². The Labute approximate surface area is 93.3 Å². The summed E-state index contributed by atoms with van der Waals surface area (Å²) >= 11 is 0. The quantitative estimate of drug-likeness (QED) is 0.668. The Morgan fingerprint density at radius 1 is 1.50 bits per heavy atom. The maximum Gasteiger partial charge on any atom is 0.378 e. The number of carbonyl (C=O) groups excluding carboxylic acids is 1. The number of hydrogen-bond acceptors (Lipinski definition) is 6. The van der Waals surface area contributed by atoms with Gasteiger partial charge in [0, 0.05) is 13.3 Å². The maximum absolute atomic E-state index is 11.3. The predicted molar refractivity (Wildman–Crippen MR) is 55.5 cm³/mol. The van der Waals surface area contributed by atoms with Gasteiger partial charge in [0.25, 0.3) is 5.82 Å². The monoisotopic (exact) mass is 247 g/mol. The van der Waals surface area contributed by atoms with Crippen LogP contribution in [0.15, 0.2) is 0 Å². The second-order valence-corrected chi connectivity index (χ2v) is 5.41. The van der Waals surface area contributed by atoms with Crippen molar-refractivity contribution in [3.05, 3.63) is 11.6 Å². The van der Waals surface area contributed by atoms with Gasteiger partial charge in [0.1, 0.15) is 11.6 Å². The van der Waals surface area contributed by atoms with E-state index in [1.54, 1.807) is 6.92 Å². The molecule has 7 nitrogen and oxygen atoms in total. The Balaban J connectivity index is 2.94. The van der Waals surface area contributed by atoms with Crippen molar-refractivity contribution in [1.29, 1.82) is 0 Å². The van der Waals surface area contributed by atoms with E-state index in [4.69, 9.17) is 4.74 Å². The Hall–Kier alpha value is -1.44. The molecule has 0 bridgehead atoms. The molecule has 1 aromatic rings. The summed E-state index contributed by atoms with van der Waals surface area (Å²) in [5, 5.41) is 3.78. The number of ether oxygens (including phenoxy) is 1. The van der Waals surface area contributed by atoms with Crippen molar-refractivity contribution >= 4 is 15.8 Å². The predicted octanol–water partition coefficient (Wildman–Crippen LogP) is -0.464. The highest BCUT2D eigenvalue weighted by Gasteiger charge is 2.18. The van der Waals surface area contributed by atoms with Gasteiger partial charge in [-0.3, -0.25) is 4.68 Å². The molecule has 0 spiro atoms. The van der Waals surface area contributed by atoms with Gasteiger partial charge in [0.05, 0.1) is 6.61 Å². The lowest BCUT2D eigenvalue weighted by molar-refractivity contribution is 0.0511. The molecule has 0 aliphatic carbocycles. The highest BCUT2D eigenvalue weighted by molar-refractivity contribution is 7.89. The summed E-state index contributed by atoms with van der Waals surface area (Å²) < 4.78 is 28.1. The van der Waals surface area contributed by atoms with E-state index >= 15 is 0 Å². The summed E-state index contributed by atoms with van der Waals surface area (Å²) in [6.45, 7) is 1.89. The van der Waals surface area contributed by atoms with Gasteiger partial charge in [-0.15, -0.1) is 5.10 Å². The van der Waals surface area contributed by atoms with Gasteiger partial charge < -0.3 is 4.74 Å². The number of carbonyl (C=O) groups is 1. The Bertz CT molecular complexity index is 491. The fraction of sp³-hybridized carbons (Fsp3) is 0.625. The summed E-state index contributed by atoms with van der Waals surface area (Å²) in [7, 11) is -1.68. The van der Waals surface area contributed by atoms with Crippen LogP contribution in [0.3, 0.4) is 0 Å². The Kier molecular flexibility index (Phi) is 3.63. The van der Waals surface area contributed by atoms with Crippen LogP contribution in [0.5, 0.6) is 0 Å². The molecule has 0 aromatic carbocycles. The number of nitrogens with zero attached hydrogens (tertiary/aromatic N) is 3. The lowest BCUT2D eigenvalue weighted by Gasteiger charge is -1.95. The summed E-state index contributed by atoms with van der Waals surface area (Å²) in [5.74, 6) is -0.818. The fourth-order valence-corrected chi connectivity index (χ4v) is 1.78. The second kappa shape index (κ2) is 4.60. The molecule has 1 aromatic heterocycles. The van der Waals surface area contributed by atoms with Gasteiger partial charge in [-0.2, -0.15) is 0 Å². The molecule has 0 N–H and O–H groups in total. The topological polar surface area (TPSA) is 91.1 Å². The van der Waals surface area contributed by atoms with Crippen molar-refractivity contribution < 1.29 is 17.9 Å². The highest BCUT2D eigenvalue weighted by Crippen LogP contribution is 2.03. The van der Waals surface area contributed by atoms with Crippen LogP contribution < -0.4 is 0 Å². The molecule has 0 unspecified atom stereocenters. The number of sulfone groups is 1. The zero-order valence-corrected chi connectivity index (χ0v) is 10.1. The van der Waals surface area contributed by atoms with E-state index in [2.05, 4.69) is 10.1 Å². The molecule has 1 rings (SSSR count). The summed E-state index contributed by atoms with van der Waals surface area (Å²) in [4.78, 5) is 15.1. The zero-order valence-electron chi connectivity index (χ0n) is 9.30. The molecule has 16 heavy (non-hydrogen) atoms. The number of hydrogen-bond donors (Lipinski definition) is 0. The van der Waals surface area contributed by atoms with E-state index < -0.39 is 15.8 Å². The van der Waals surface area contributed by atoms with Crippen molar-refractivity contribution in [3.8, 4) is 0 Å². The smallest absolute Gasteiger partial charge is 0.378 e. The Morgan fingerprint density at radius 3 is 2.62 bits per heavy atom. The highest BCUT2D eigenvalue weighted by atomic mass is 32.2. The standard InChI is InChI=1S/C8H13N3O4S/c1-4-15-8(12)7-9-6(11(2)10-7)5-16(3,13)14/h4-5H2,1-3H3. The van der Waals surface area contributed by atoms with Crippen LogP contribution >= 0.6 is 0 Å². The molecule has 0 fully saturated rings. The summed E-state index contributed by atoms with van der Waals surface area (Å²) in [6, 6.07) is 0. The minimum Gasteiger partial charge on any atom is -0.460 e. The van der Waals surface area contributed by atoms with Crippen LogP contribution in [0.4, 0.5) is 0 Å². The fourth-order valence-electron chi connectivity index (χ4n) is 1.06. The number of rotatable bonds is 4. The third kappa shape index (κ3) is 3.30. The number of esters is 1. The number of aromatic nitrogens is 3. The molecular weight excluding hydrogens is 234 g/mol. The number of aryl methyl sites for hydroxylation is 1. The molecule has 0 atom stereocenters. The first-order valence-corrected chi connectivity index (χ1v) is 6.64. The minimum atomic E-state index is -3.20. The molecule has 90 valence electrons. The third-order valence-corrected chi connectivity index (χ3v) is 2.49. The van der Waals surface area contributed by atoms with Gasteiger partial charge >= 0.3 is 5.97 Å². The van der Waals surface area contributed by atoms with Crippen LogP contribution in [-0.4, -0.2) is 42.0 Å². The molecule has 0 radical (unpaired) electrons. The molecule has 0 aliphatic rings. The van der Waals surface area contributed by atoms with E-state index in [0.29, 0.717) is 0 Å². The van der Waals surface area contributed by atoms with E-state index in [1.807, 2.05) is 0 Å². The molecule has 8 heteroatoms. The van der Waals surface area contributed by atoms with Crippen LogP contribution in [0.2, 0.25) is 0 Å². The van der Waals surface area contributed by atoms with Gasteiger partial charge in [-0.25, -0.2) is 18.2 Å². The van der Waals surface area contributed by atoms with Gasteiger partial charge in [0.2, 0.25) is 0 Å². The van der Waals surface area contributed by atoms with E-state index in [0.717, 1.165) is 6.26 Å². The lowest BCUT2D eigenvalue weighted by atomic mass is 10.6. The van der Waals surface area contributed by atoms with Crippen molar-refractivity contribution in [1.82, 2.24) is 14.8 Å². The van der Waals surface area contributed by atoms with E-state index in [-0.39, 0.29) is 24.0 Å². The molecule has 0 saturated carbocycles. The average Bonchev–Trinajstić information content (AvgIpc) is 2.45. The van der Waals surface area contributed by atoms with Gasteiger partial charge in [-0.1, -0.05) is 0 Å². The van der Waals surface area contributed by atoms with Crippen LogP contribution in [0.1, 0.15) is 23.4 Å². The average molecular weight is 247 g/mol. The van der Waals surface area contributed by atoms with Gasteiger partial charge in [-0.05, 0) is 6.92 Å². The molecule has 1 heterocycles. The summed E-state index contributed by atoms with van der Waals surface area (Å²) in [6.07, 6.45) is 1.09. The SMILES string of the molecule is CCOC(=O)c1nc(CS(C)(=O)=O)n(C)n1. The normalized spacial score (nSPS) is 11.4. The first-order chi connectivity index (χ1) is 7.33. The molecule has 0 amide bonds. The van der Waals surface area contributed by atoms with Crippen LogP contribution in [0.25, 0.3) is 0 Å². The maximum atomic E-state index is 11.3. The third-order valence-electron chi connectivity index (χ3n) is 1.70. The van der Waals surface area contributed by atoms with E-state index in [1.165, 1.54) is 11.7 Å². The molecule has 0 aliphatic heterocycles. The van der Waals surface area contributed by atoms with E-state index in [9.17, 15) is 13.2 Å². The van der Waals surface area contributed by atoms with Crippen molar-refractivity contribution in [2.75, 3.05) is 12.9 Å². The zero-order chi connectivity index (χ0) is 12.3. The van der Waals surface area contributed by atoms with Crippen LogP contribution in [0, 0.1) is 0 Å².